The molecule has 1 rings (SSSR count). The Morgan fingerprint density at radius 2 is 1.54 bits per heavy atom. The van der Waals surface area contributed by atoms with Crippen LogP contribution in [0, 0.1) is 34.0 Å². The largest absolute Gasteiger partial charge is 0.358 e. The van der Waals surface area contributed by atoms with E-state index in [9.17, 15) is 5.26 Å². The number of rotatable bonds is 9. The summed E-state index contributed by atoms with van der Waals surface area (Å²) in [6, 6.07) is 6.00. The zero-order valence-electron chi connectivity index (χ0n) is 18.2. The molecule has 1 aliphatic rings. The summed E-state index contributed by atoms with van der Waals surface area (Å²) in [7, 11) is 8.43. The molecular weight excluding hydrogens is 350 g/mol. The first-order valence-corrected chi connectivity index (χ1v) is 9.69. The van der Waals surface area contributed by atoms with Gasteiger partial charge in [-0.3, -0.25) is 4.90 Å². The molecule has 0 N–H and O–H groups in total. The van der Waals surface area contributed by atoms with E-state index in [2.05, 4.69) is 53.9 Å². The van der Waals surface area contributed by atoms with Crippen LogP contribution in [0.3, 0.4) is 0 Å². The molecule has 0 radical (unpaired) electrons. The number of hydrogen-bond donors (Lipinski definition) is 0. The third-order valence-corrected chi connectivity index (χ3v) is 5.37. The van der Waals surface area contributed by atoms with Crippen LogP contribution in [0.2, 0.25) is 0 Å². The molecule has 1 aliphatic heterocycles. The molecule has 7 nitrogen and oxygen atoms in total. The topological polar surface area (TPSA) is 84.3 Å². The van der Waals surface area contributed by atoms with Crippen LogP contribution in [-0.2, 0) is 0 Å². The Morgan fingerprint density at radius 1 is 0.929 bits per heavy atom. The maximum Gasteiger partial charge on any atom is 0.133 e. The van der Waals surface area contributed by atoms with E-state index in [0.717, 1.165) is 51.3 Å². The van der Waals surface area contributed by atoms with E-state index in [0.29, 0.717) is 11.1 Å². The van der Waals surface area contributed by atoms with Crippen molar-refractivity contribution < 1.29 is 0 Å². The number of likely N-dealkylation sites (N-methyl/N-ethyl adjacent to an activating group) is 3. The lowest BCUT2D eigenvalue weighted by atomic mass is 10.0. The predicted octanol–water partition coefficient (Wildman–Crippen LogP) is 1.99. The molecular formula is C21H33N7. The summed E-state index contributed by atoms with van der Waals surface area (Å²) < 4.78 is 0. The number of nitrogens with zero attached hydrogens (tertiary/aromatic N) is 7. The second kappa shape index (κ2) is 11.5. The number of allylic oxidation sites excluding steroid dienone is 4. The first kappa shape index (κ1) is 23.7. The van der Waals surface area contributed by atoms with Gasteiger partial charge in [0.05, 0.1) is 11.7 Å². The second-order valence-corrected chi connectivity index (χ2v) is 7.70. The van der Waals surface area contributed by atoms with Crippen LogP contribution < -0.4 is 0 Å². The first-order valence-electron chi connectivity index (χ1n) is 9.69. The van der Waals surface area contributed by atoms with E-state index in [1.54, 1.807) is 6.92 Å². The Hall–Kier alpha value is -2.37. The van der Waals surface area contributed by atoms with Crippen LogP contribution in [-0.4, -0.2) is 86.7 Å². The second-order valence-electron chi connectivity index (χ2n) is 7.70. The summed E-state index contributed by atoms with van der Waals surface area (Å²) in [6.45, 7) is 8.47. The van der Waals surface area contributed by atoms with E-state index in [4.69, 9.17) is 10.5 Å². The highest BCUT2D eigenvalue weighted by Crippen LogP contribution is 2.28. The van der Waals surface area contributed by atoms with Crippen molar-refractivity contribution in [2.45, 2.75) is 32.9 Å². The van der Waals surface area contributed by atoms with Gasteiger partial charge in [0.15, 0.2) is 0 Å². The lowest BCUT2D eigenvalue weighted by molar-refractivity contribution is 0.113. The van der Waals surface area contributed by atoms with Crippen molar-refractivity contribution in [2.24, 2.45) is 0 Å². The van der Waals surface area contributed by atoms with Gasteiger partial charge in [-0.15, -0.1) is 0 Å². The van der Waals surface area contributed by atoms with Crippen LogP contribution in [0.25, 0.3) is 0 Å². The zero-order chi connectivity index (χ0) is 21.3. The molecule has 0 aromatic rings. The number of likely N-dealkylation sites (tertiary alicyclic amines) is 1. The van der Waals surface area contributed by atoms with Crippen molar-refractivity contribution in [2.75, 3.05) is 60.9 Å². The molecule has 1 heterocycles. The van der Waals surface area contributed by atoms with Crippen LogP contribution in [0.1, 0.15) is 26.7 Å². The number of hydrogen-bond acceptors (Lipinski definition) is 7. The standard InChI is InChI=1S/C21H33N7/c1-17(19(14-22)15-23)20(16-24)18(2)28-9-7-8-21(28)27(6)13-12-26(5)11-10-25(3)4/h21H,7-13H2,1-6H3/b20-18+. The minimum absolute atomic E-state index is 0.00233. The van der Waals surface area contributed by atoms with Crippen molar-refractivity contribution in [3.63, 3.8) is 0 Å². The normalized spacial score (nSPS) is 17.4. The van der Waals surface area contributed by atoms with Gasteiger partial charge in [0.1, 0.15) is 23.8 Å². The Morgan fingerprint density at radius 3 is 2.07 bits per heavy atom. The summed E-state index contributed by atoms with van der Waals surface area (Å²) >= 11 is 0. The SMILES string of the molecule is CC(=C(C#N)C#N)/C(C#N)=C(\C)N1CCCC1N(C)CCN(C)CCN(C)C. The molecule has 1 saturated heterocycles. The van der Waals surface area contributed by atoms with E-state index in [1.165, 1.54) is 0 Å². The summed E-state index contributed by atoms with van der Waals surface area (Å²) in [6.07, 6.45) is 2.33. The van der Waals surface area contributed by atoms with Gasteiger partial charge >= 0.3 is 0 Å². The lowest BCUT2D eigenvalue weighted by Gasteiger charge is -2.36. The molecule has 0 amide bonds. The maximum atomic E-state index is 9.66. The van der Waals surface area contributed by atoms with Crippen molar-refractivity contribution >= 4 is 0 Å². The molecule has 7 heteroatoms. The quantitative estimate of drug-likeness (QED) is 0.445. The molecule has 28 heavy (non-hydrogen) atoms. The summed E-state index contributed by atoms with van der Waals surface area (Å²) in [5.41, 5.74) is 1.74. The average Bonchev–Trinajstić information content (AvgIpc) is 3.15. The Kier molecular flexibility index (Phi) is 9.69. The van der Waals surface area contributed by atoms with Crippen molar-refractivity contribution in [3.8, 4) is 18.2 Å². The van der Waals surface area contributed by atoms with Gasteiger partial charge in [-0.25, -0.2) is 0 Å². The molecule has 0 spiro atoms. The average molecular weight is 384 g/mol. The maximum absolute atomic E-state index is 9.66. The molecule has 152 valence electrons. The van der Waals surface area contributed by atoms with Crippen molar-refractivity contribution in [1.82, 2.24) is 19.6 Å². The first-order chi connectivity index (χ1) is 13.3. The van der Waals surface area contributed by atoms with Crippen LogP contribution in [0.4, 0.5) is 0 Å². The summed E-state index contributed by atoms with van der Waals surface area (Å²) in [5, 5.41) is 27.9. The molecule has 1 atom stereocenters. The van der Waals surface area contributed by atoms with E-state index >= 15 is 0 Å². The molecule has 1 fully saturated rings. The lowest BCUT2D eigenvalue weighted by Crippen LogP contribution is -2.45. The zero-order valence-corrected chi connectivity index (χ0v) is 18.2. The van der Waals surface area contributed by atoms with Gasteiger partial charge in [0.2, 0.25) is 0 Å². The molecule has 0 aliphatic carbocycles. The monoisotopic (exact) mass is 383 g/mol. The van der Waals surface area contributed by atoms with Gasteiger partial charge in [0.25, 0.3) is 0 Å². The Labute approximate surface area is 170 Å². The van der Waals surface area contributed by atoms with Crippen LogP contribution >= 0.6 is 0 Å². The third-order valence-electron chi connectivity index (χ3n) is 5.37. The predicted molar refractivity (Wildman–Crippen MR) is 111 cm³/mol. The minimum atomic E-state index is 0.00233. The Bertz CT molecular complexity index is 699. The van der Waals surface area contributed by atoms with E-state index < -0.39 is 0 Å². The van der Waals surface area contributed by atoms with Crippen LogP contribution in [0.5, 0.6) is 0 Å². The molecule has 0 saturated carbocycles. The molecule has 0 aromatic carbocycles. The van der Waals surface area contributed by atoms with E-state index in [1.807, 2.05) is 19.1 Å². The minimum Gasteiger partial charge on any atom is -0.358 e. The summed E-state index contributed by atoms with van der Waals surface area (Å²) in [5.74, 6) is 0. The Balaban J connectivity index is 2.91. The smallest absolute Gasteiger partial charge is 0.133 e. The fourth-order valence-corrected chi connectivity index (χ4v) is 3.46. The van der Waals surface area contributed by atoms with Crippen molar-refractivity contribution in [3.05, 3.63) is 22.4 Å². The van der Waals surface area contributed by atoms with Crippen molar-refractivity contribution in [1.29, 1.82) is 15.8 Å². The van der Waals surface area contributed by atoms with Gasteiger partial charge in [0, 0.05) is 38.4 Å². The summed E-state index contributed by atoms with van der Waals surface area (Å²) in [4.78, 5) is 9.10. The molecule has 0 aromatic heterocycles. The highest BCUT2D eigenvalue weighted by Gasteiger charge is 2.29. The highest BCUT2D eigenvalue weighted by molar-refractivity contribution is 5.54. The fourth-order valence-electron chi connectivity index (χ4n) is 3.46. The van der Waals surface area contributed by atoms with Gasteiger partial charge in [-0.2, -0.15) is 15.8 Å². The van der Waals surface area contributed by atoms with Gasteiger partial charge < -0.3 is 14.7 Å². The highest BCUT2D eigenvalue weighted by atomic mass is 15.4. The molecule has 1 unspecified atom stereocenters. The molecule has 0 bridgehead atoms. The van der Waals surface area contributed by atoms with E-state index in [-0.39, 0.29) is 11.7 Å². The third kappa shape index (κ3) is 6.36. The number of nitriles is 3. The van der Waals surface area contributed by atoms with Gasteiger partial charge in [-0.05, 0) is 60.5 Å². The fraction of sp³-hybridized carbons (Fsp3) is 0.667. The van der Waals surface area contributed by atoms with Crippen LogP contribution in [0.15, 0.2) is 22.4 Å². The van der Waals surface area contributed by atoms with Gasteiger partial charge in [-0.1, -0.05) is 0 Å².